The van der Waals surface area contributed by atoms with Crippen molar-refractivity contribution in [2.45, 2.75) is 38.3 Å². The van der Waals surface area contributed by atoms with E-state index in [9.17, 15) is 9.59 Å². The molecule has 1 aromatic heterocycles. The van der Waals surface area contributed by atoms with E-state index in [1.807, 2.05) is 22.6 Å². The van der Waals surface area contributed by atoms with Crippen LogP contribution < -0.4 is 5.32 Å². The Hall–Kier alpha value is -2.25. The van der Waals surface area contributed by atoms with E-state index in [1.165, 1.54) is 0 Å². The Bertz CT molecular complexity index is 617. The van der Waals surface area contributed by atoms with E-state index in [1.54, 1.807) is 18.1 Å². The first kappa shape index (κ1) is 16.6. The number of rotatable bonds is 3. The average molecular weight is 335 g/mol. The van der Waals surface area contributed by atoms with Gasteiger partial charge in [-0.05, 0) is 19.8 Å². The van der Waals surface area contributed by atoms with Gasteiger partial charge in [-0.1, -0.05) is 0 Å². The summed E-state index contributed by atoms with van der Waals surface area (Å²) in [4.78, 5) is 31.6. The van der Waals surface area contributed by atoms with E-state index in [4.69, 9.17) is 4.74 Å². The molecule has 0 saturated carbocycles. The molecular weight excluding hydrogens is 310 g/mol. The summed E-state index contributed by atoms with van der Waals surface area (Å²) in [6.45, 7) is 5.13. The van der Waals surface area contributed by atoms with Crippen LogP contribution in [0.4, 0.5) is 9.59 Å². The van der Waals surface area contributed by atoms with Gasteiger partial charge in [0, 0.05) is 52.0 Å². The van der Waals surface area contributed by atoms with Crippen LogP contribution in [0.2, 0.25) is 0 Å². The lowest BCUT2D eigenvalue weighted by Gasteiger charge is -2.25. The van der Waals surface area contributed by atoms with Crippen LogP contribution in [-0.2, 0) is 11.3 Å². The summed E-state index contributed by atoms with van der Waals surface area (Å²) in [5.74, 6) is 0.938. The Labute approximate surface area is 141 Å². The molecule has 3 rings (SSSR count). The predicted octanol–water partition coefficient (Wildman–Crippen LogP) is 1.21. The number of hydrogen-bond acceptors (Lipinski definition) is 4. The molecule has 132 valence electrons. The van der Waals surface area contributed by atoms with Gasteiger partial charge < -0.3 is 24.4 Å². The molecule has 0 bridgehead atoms. The monoisotopic (exact) mass is 335 g/mol. The minimum absolute atomic E-state index is 0.0532. The fourth-order valence-electron chi connectivity index (χ4n) is 3.46. The van der Waals surface area contributed by atoms with Crippen molar-refractivity contribution < 1.29 is 14.3 Å². The van der Waals surface area contributed by atoms with Gasteiger partial charge in [-0.2, -0.15) is 0 Å². The molecule has 0 aliphatic carbocycles. The van der Waals surface area contributed by atoms with Crippen LogP contribution in [0, 0.1) is 6.92 Å². The van der Waals surface area contributed by atoms with Gasteiger partial charge in [-0.15, -0.1) is 0 Å². The number of carbonyl (C=O) groups excluding carboxylic acids is 2. The van der Waals surface area contributed by atoms with E-state index >= 15 is 0 Å². The first-order valence-corrected chi connectivity index (χ1v) is 8.44. The number of aromatic nitrogens is 2. The maximum atomic E-state index is 12.4. The topological polar surface area (TPSA) is 79.7 Å². The molecule has 24 heavy (non-hydrogen) atoms. The van der Waals surface area contributed by atoms with Gasteiger partial charge in [0.1, 0.15) is 11.4 Å². The molecular formula is C16H25N5O3. The number of urea groups is 1. The van der Waals surface area contributed by atoms with Crippen molar-refractivity contribution in [2.24, 2.45) is 0 Å². The summed E-state index contributed by atoms with van der Waals surface area (Å²) >= 11 is 0. The maximum Gasteiger partial charge on any atom is 0.410 e. The average Bonchev–Trinajstić information content (AvgIpc) is 2.98. The highest BCUT2D eigenvalue weighted by Gasteiger charge is 2.44. The van der Waals surface area contributed by atoms with Gasteiger partial charge in [0.05, 0.1) is 6.54 Å². The van der Waals surface area contributed by atoms with Crippen LogP contribution in [0.15, 0.2) is 12.4 Å². The molecule has 2 aliphatic heterocycles. The van der Waals surface area contributed by atoms with Crippen molar-refractivity contribution in [3.63, 3.8) is 0 Å². The zero-order chi connectivity index (χ0) is 17.2. The fourth-order valence-corrected chi connectivity index (χ4v) is 3.46. The smallest absolute Gasteiger partial charge is 0.410 e. The normalized spacial score (nSPS) is 24.2. The maximum absolute atomic E-state index is 12.4. The van der Waals surface area contributed by atoms with Crippen LogP contribution >= 0.6 is 0 Å². The summed E-state index contributed by atoms with van der Waals surface area (Å²) in [5.41, 5.74) is -0.422. The third-order valence-electron chi connectivity index (χ3n) is 4.88. The molecule has 1 atom stereocenters. The Balaban J connectivity index is 1.48. The number of carbonyl (C=O) groups is 2. The second kappa shape index (κ2) is 6.70. The lowest BCUT2D eigenvalue weighted by Crippen LogP contribution is -2.42. The van der Waals surface area contributed by atoms with Gasteiger partial charge in [0.2, 0.25) is 0 Å². The quantitative estimate of drug-likeness (QED) is 0.900. The van der Waals surface area contributed by atoms with Gasteiger partial charge >= 0.3 is 12.1 Å². The first-order chi connectivity index (χ1) is 11.5. The molecule has 1 N–H and O–H groups in total. The molecule has 2 saturated heterocycles. The lowest BCUT2D eigenvalue weighted by atomic mass is 9.95. The second-order valence-electron chi connectivity index (χ2n) is 6.65. The molecule has 8 heteroatoms. The third kappa shape index (κ3) is 3.47. The Morgan fingerprint density at radius 2 is 2.25 bits per heavy atom. The highest BCUT2D eigenvalue weighted by atomic mass is 16.6. The van der Waals surface area contributed by atoms with Crippen LogP contribution in [0.5, 0.6) is 0 Å². The minimum Gasteiger partial charge on any atom is -0.441 e. The summed E-state index contributed by atoms with van der Waals surface area (Å²) in [6.07, 6.45) is 5.74. The Morgan fingerprint density at radius 3 is 2.92 bits per heavy atom. The summed E-state index contributed by atoms with van der Waals surface area (Å²) < 4.78 is 7.58. The van der Waals surface area contributed by atoms with E-state index < -0.39 is 5.60 Å². The zero-order valence-corrected chi connectivity index (χ0v) is 14.3. The number of amides is 3. The van der Waals surface area contributed by atoms with Crippen LogP contribution in [0.3, 0.4) is 0 Å². The van der Waals surface area contributed by atoms with Crippen molar-refractivity contribution in [3.8, 4) is 0 Å². The Morgan fingerprint density at radius 1 is 1.42 bits per heavy atom. The number of nitrogens with zero attached hydrogens (tertiary/aromatic N) is 4. The first-order valence-electron chi connectivity index (χ1n) is 8.44. The fraction of sp³-hybridized carbons (Fsp3) is 0.688. The van der Waals surface area contributed by atoms with Gasteiger partial charge in [-0.25, -0.2) is 14.6 Å². The van der Waals surface area contributed by atoms with E-state index in [0.29, 0.717) is 39.1 Å². The molecule has 3 amide bonds. The molecule has 0 radical (unpaired) electrons. The largest absolute Gasteiger partial charge is 0.441 e. The summed E-state index contributed by atoms with van der Waals surface area (Å²) in [7, 11) is 1.75. The molecule has 3 heterocycles. The molecule has 1 aromatic rings. The molecule has 2 aliphatic rings. The van der Waals surface area contributed by atoms with Gasteiger partial charge in [-0.3, -0.25) is 0 Å². The van der Waals surface area contributed by atoms with Gasteiger partial charge in [0.25, 0.3) is 0 Å². The van der Waals surface area contributed by atoms with Crippen molar-refractivity contribution in [1.29, 1.82) is 0 Å². The minimum atomic E-state index is -0.422. The molecule has 1 spiro atoms. The van der Waals surface area contributed by atoms with Crippen LogP contribution in [0.1, 0.15) is 25.1 Å². The van der Waals surface area contributed by atoms with Crippen LogP contribution in [-0.4, -0.2) is 70.3 Å². The zero-order valence-electron chi connectivity index (χ0n) is 14.3. The van der Waals surface area contributed by atoms with Crippen molar-refractivity contribution >= 4 is 12.1 Å². The van der Waals surface area contributed by atoms with Crippen LogP contribution in [0.25, 0.3) is 0 Å². The van der Waals surface area contributed by atoms with E-state index in [0.717, 1.165) is 18.7 Å². The number of ether oxygens (including phenoxy) is 1. The molecule has 8 nitrogen and oxygen atoms in total. The Kier molecular flexibility index (Phi) is 4.64. The standard InChI is InChI=1S/C16H25N5O3/c1-13-17-6-10-20(13)11-7-18-14(22)21-8-3-4-16(5-9-21)12-19(2)15(23)24-16/h6,10H,3-5,7-9,11-12H2,1-2H3,(H,18,22). The number of nitrogens with one attached hydrogen (secondary N) is 1. The van der Waals surface area contributed by atoms with Crippen molar-refractivity contribution in [2.75, 3.05) is 33.2 Å². The van der Waals surface area contributed by atoms with Crippen molar-refractivity contribution in [1.82, 2.24) is 24.7 Å². The van der Waals surface area contributed by atoms with Gasteiger partial charge in [0.15, 0.2) is 0 Å². The number of likely N-dealkylation sites (N-methyl/N-ethyl adjacent to an activating group) is 1. The number of aryl methyl sites for hydroxylation is 1. The lowest BCUT2D eigenvalue weighted by molar-refractivity contribution is 0.0453. The summed E-state index contributed by atoms with van der Waals surface area (Å²) in [5, 5.41) is 2.96. The number of likely N-dealkylation sites (tertiary alicyclic amines) is 1. The third-order valence-corrected chi connectivity index (χ3v) is 4.88. The highest BCUT2D eigenvalue weighted by molar-refractivity contribution is 5.74. The van der Waals surface area contributed by atoms with E-state index in [2.05, 4.69) is 10.3 Å². The number of hydrogen-bond donors (Lipinski definition) is 1. The van der Waals surface area contributed by atoms with E-state index in [-0.39, 0.29) is 12.1 Å². The second-order valence-corrected chi connectivity index (χ2v) is 6.65. The SMILES string of the molecule is Cc1nccn1CCNC(=O)N1CCCC2(CC1)CN(C)C(=O)O2. The molecule has 0 aromatic carbocycles. The molecule has 1 unspecified atom stereocenters. The number of imidazole rings is 1. The predicted molar refractivity (Wildman–Crippen MR) is 87.6 cm³/mol. The highest BCUT2D eigenvalue weighted by Crippen LogP contribution is 2.32. The summed E-state index contributed by atoms with van der Waals surface area (Å²) in [6, 6.07) is -0.0532. The van der Waals surface area contributed by atoms with Crippen molar-refractivity contribution in [3.05, 3.63) is 18.2 Å². The molecule has 2 fully saturated rings.